The largest absolute Gasteiger partial charge is 0.243 e. The van der Waals surface area contributed by atoms with Gasteiger partial charge < -0.3 is 0 Å². The molecule has 1 heterocycles. The van der Waals surface area contributed by atoms with E-state index in [2.05, 4.69) is 4.98 Å². The fraction of sp³-hybridized carbons (Fsp3) is 0.500. The third-order valence-corrected chi connectivity index (χ3v) is 1.89. The summed E-state index contributed by atoms with van der Waals surface area (Å²) < 4.78 is 12.6. The van der Waals surface area contributed by atoms with Gasteiger partial charge in [0.25, 0.3) is 0 Å². The molecular weight excluding hydrogens is 137 g/mol. The van der Waals surface area contributed by atoms with E-state index in [0.29, 0.717) is 12.1 Å². The van der Waals surface area contributed by atoms with Crippen LogP contribution in [0.2, 0.25) is 0 Å². The zero-order valence-corrected chi connectivity index (χ0v) is 6.26. The first-order chi connectivity index (χ1) is 4.24. The molecule has 1 nitrogen and oxygen atoms in total. The third-order valence-electron chi connectivity index (χ3n) is 1.09. The van der Waals surface area contributed by atoms with E-state index >= 15 is 0 Å². The summed E-state index contributed by atoms with van der Waals surface area (Å²) in [6.45, 7) is 3.71. The molecule has 0 spiro atoms. The van der Waals surface area contributed by atoms with Crippen LogP contribution in [0, 0.1) is 12.1 Å². The molecule has 0 aliphatic rings. The molecule has 1 aromatic heterocycles. The second kappa shape index (κ2) is 2.43. The van der Waals surface area contributed by atoms with Crippen molar-refractivity contribution in [3.05, 3.63) is 15.8 Å². The van der Waals surface area contributed by atoms with Crippen LogP contribution >= 0.6 is 11.3 Å². The number of nitrogens with zero attached hydrogens (tertiary/aromatic N) is 1. The third kappa shape index (κ3) is 1.27. The molecule has 0 amide bonds. The van der Waals surface area contributed by atoms with E-state index in [9.17, 15) is 4.39 Å². The van der Waals surface area contributed by atoms with E-state index < -0.39 is 0 Å². The van der Waals surface area contributed by atoms with E-state index in [4.69, 9.17) is 0 Å². The highest BCUT2D eigenvalue weighted by atomic mass is 32.1. The van der Waals surface area contributed by atoms with Crippen molar-refractivity contribution in [2.75, 3.05) is 0 Å². The van der Waals surface area contributed by atoms with Gasteiger partial charge in [0.15, 0.2) is 5.13 Å². The maximum Gasteiger partial charge on any atom is 0.199 e. The van der Waals surface area contributed by atoms with Crippen molar-refractivity contribution < 1.29 is 4.39 Å². The van der Waals surface area contributed by atoms with Crippen LogP contribution in [0.1, 0.15) is 17.6 Å². The lowest BCUT2D eigenvalue weighted by Crippen LogP contribution is -1.81. The van der Waals surface area contributed by atoms with Gasteiger partial charge in [-0.1, -0.05) is 18.3 Å². The number of hydrogen-bond donors (Lipinski definition) is 0. The number of rotatable bonds is 1. The smallest absolute Gasteiger partial charge is 0.199 e. The Balaban J connectivity index is 3.01. The monoisotopic (exact) mass is 145 g/mol. The fourth-order valence-corrected chi connectivity index (χ4v) is 1.39. The highest BCUT2D eigenvalue weighted by Gasteiger charge is 2.03. The van der Waals surface area contributed by atoms with Gasteiger partial charge in [-0.2, -0.15) is 4.39 Å². The van der Waals surface area contributed by atoms with Crippen molar-refractivity contribution in [3.63, 3.8) is 0 Å². The number of aromatic nitrogens is 1. The Hall–Kier alpha value is -0.440. The summed E-state index contributed by atoms with van der Waals surface area (Å²) >= 11 is 1.12. The summed E-state index contributed by atoms with van der Waals surface area (Å²) in [5.41, 5.74) is 0.595. The topological polar surface area (TPSA) is 12.9 Å². The molecule has 0 saturated carbocycles. The summed E-state index contributed by atoms with van der Waals surface area (Å²) in [5, 5.41) is 0.680. The Bertz CT molecular complexity index is 207. The molecule has 0 fully saturated rings. The van der Waals surface area contributed by atoms with Crippen LogP contribution in [0.4, 0.5) is 4.39 Å². The summed E-state index contributed by atoms with van der Waals surface area (Å²) in [5.74, 6) is 0. The average Bonchev–Trinajstić information content (AvgIpc) is 2.10. The van der Waals surface area contributed by atoms with Crippen LogP contribution in [0.25, 0.3) is 0 Å². The predicted molar refractivity (Wildman–Crippen MR) is 36.2 cm³/mol. The molecule has 0 atom stereocenters. The number of hydrogen-bond acceptors (Lipinski definition) is 2. The van der Waals surface area contributed by atoms with Crippen molar-refractivity contribution in [2.45, 2.75) is 20.3 Å². The number of thiazole rings is 1. The number of halogens is 1. The lowest BCUT2D eigenvalue weighted by molar-refractivity contribution is 0.635. The van der Waals surface area contributed by atoms with E-state index in [1.807, 2.05) is 13.8 Å². The average molecular weight is 145 g/mol. The predicted octanol–water partition coefficient (Wildman–Crippen LogP) is 2.15. The lowest BCUT2D eigenvalue weighted by Gasteiger charge is -1.82. The Labute approximate surface area is 57.6 Å². The highest BCUT2D eigenvalue weighted by Crippen LogP contribution is 2.15. The van der Waals surface area contributed by atoms with Gasteiger partial charge in [0, 0.05) is 0 Å². The lowest BCUT2D eigenvalue weighted by atomic mass is 10.4. The molecule has 3 heteroatoms. The molecule has 1 rings (SSSR count). The molecule has 0 bridgehead atoms. The minimum absolute atomic E-state index is 0.130. The molecule has 0 aliphatic carbocycles. The van der Waals surface area contributed by atoms with Crippen LogP contribution in [0.5, 0.6) is 0 Å². The van der Waals surface area contributed by atoms with Crippen molar-refractivity contribution in [3.8, 4) is 0 Å². The van der Waals surface area contributed by atoms with Crippen LogP contribution in [0.15, 0.2) is 0 Å². The molecule has 0 saturated heterocycles. The SMILES string of the molecule is CCc1nc(C)sc1F. The second-order valence-corrected chi connectivity index (χ2v) is 2.96. The molecule has 0 unspecified atom stereocenters. The van der Waals surface area contributed by atoms with Gasteiger partial charge in [-0.05, 0) is 13.3 Å². The van der Waals surface area contributed by atoms with Gasteiger partial charge >= 0.3 is 0 Å². The molecule has 0 aliphatic heterocycles. The molecule has 50 valence electrons. The molecule has 0 aromatic carbocycles. The Morgan fingerprint density at radius 1 is 1.67 bits per heavy atom. The van der Waals surface area contributed by atoms with E-state index in [0.717, 1.165) is 16.3 Å². The van der Waals surface area contributed by atoms with E-state index in [1.54, 1.807) is 0 Å². The zero-order chi connectivity index (χ0) is 6.85. The van der Waals surface area contributed by atoms with Crippen LogP contribution < -0.4 is 0 Å². The molecule has 1 aromatic rings. The Morgan fingerprint density at radius 3 is 2.56 bits per heavy atom. The summed E-state index contributed by atoms with van der Waals surface area (Å²) in [7, 11) is 0. The van der Waals surface area contributed by atoms with Gasteiger partial charge in [0.1, 0.15) is 0 Å². The van der Waals surface area contributed by atoms with Gasteiger partial charge in [0.2, 0.25) is 0 Å². The first kappa shape index (κ1) is 6.68. The van der Waals surface area contributed by atoms with Gasteiger partial charge in [-0.15, -0.1) is 0 Å². The zero-order valence-electron chi connectivity index (χ0n) is 5.44. The Morgan fingerprint density at radius 2 is 2.33 bits per heavy atom. The highest BCUT2D eigenvalue weighted by molar-refractivity contribution is 7.09. The maximum absolute atomic E-state index is 12.6. The van der Waals surface area contributed by atoms with Gasteiger partial charge in [0.05, 0.1) is 10.7 Å². The molecule has 0 radical (unpaired) electrons. The van der Waals surface area contributed by atoms with Crippen molar-refractivity contribution in [1.82, 2.24) is 4.98 Å². The summed E-state index contributed by atoms with van der Waals surface area (Å²) in [4.78, 5) is 3.97. The molecule has 9 heavy (non-hydrogen) atoms. The van der Waals surface area contributed by atoms with Crippen molar-refractivity contribution in [2.24, 2.45) is 0 Å². The normalized spacial score (nSPS) is 10.1. The number of aryl methyl sites for hydroxylation is 2. The first-order valence-electron chi connectivity index (χ1n) is 2.86. The minimum atomic E-state index is -0.130. The van der Waals surface area contributed by atoms with E-state index in [1.165, 1.54) is 0 Å². The van der Waals surface area contributed by atoms with Crippen LogP contribution in [0.3, 0.4) is 0 Å². The van der Waals surface area contributed by atoms with Crippen molar-refractivity contribution in [1.29, 1.82) is 0 Å². The molecule has 0 N–H and O–H groups in total. The van der Waals surface area contributed by atoms with Gasteiger partial charge in [-0.3, -0.25) is 0 Å². The fourth-order valence-electron chi connectivity index (χ4n) is 0.663. The summed E-state index contributed by atoms with van der Waals surface area (Å²) in [6, 6.07) is 0. The quantitative estimate of drug-likeness (QED) is 0.590. The van der Waals surface area contributed by atoms with Crippen LogP contribution in [-0.2, 0) is 6.42 Å². The second-order valence-electron chi connectivity index (χ2n) is 1.81. The summed E-state index contributed by atoms with van der Waals surface area (Å²) in [6.07, 6.45) is 0.691. The minimum Gasteiger partial charge on any atom is -0.243 e. The van der Waals surface area contributed by atoms with Crippen molar-refractivity contribution >= 4 is 11.3 Å². The standard InChI is InChI=1S/C6H8FNS/c1-3-5-6(7)9-4(2)8-5/h3H2,1-2H3. The maximum atomic E-state index is 12.6. The molecular formula is C6H8FNS. The van der Waals surface area contributed by atoms with Crippen LogP contribution in [-0.4, -0.2) is 4.98 Å². The Kier molecular flexibility index (Phi) is 1.81. The van der Waals surface area contributed by atoms with Gasteiger partial charge in [-0.25, -0.2) is 4.98 Å². The van der Waals surface area contributed by atoms with E-state index in [-0.39, 0.29) is 5.13 Å². The first-order valence-corrected chi connectivity index (χ1v) is 3.67.